The highest BCUT2D eigenvalue weighted by molar-refractivity contribution is 9.10. The van der Waals surface area contributed by atoms with Gasteiger partial charge < -0.3 is 28.3 Å². The van der Waals surface area contributed by atoms with E-state index < -0.39 is 11.9 Å². The van der Waals surface area contributed by atoms with Crippen LogP contribution >= 0.6 is 27.5 Å². The summed E-state index contributed by atoms with van der Waals surface area (Å²) in [4.78, 5) is 23.8. The molecule has 1 amide bonds. The Bertz CT molecular complexity index is 1900. The van der Waals surface area contributed by atoms with Crippen molar-refractivity contribution in [3.05, 3.63) is 128 Å². The van der Waals surface area contributed by atoms with Gasteiger partial charge in [-0.2, -0.15) is 5.10 Å². The summed E-state index contributed by atoms with van der Waals surface area (Å²) < 4.78 is 25.9. The predicted molar refractivity (Wildman–Crippen MR) is 181 cm³/mol. The summed E-state index contributed by atoms with van der Waals surface area (Å²) >= 11 is 10.1. The number of amides is 1. The number of aromatic carboxylic acids is 1. The van der Waals surface area contributed by atoms with Crippen molar-refractivity contribution in [2.45, 2.75) is 34.0 Å². The molecule has 0 aliphatic rings. The summed E-state index contributed by atoms with van der Waals surface area (Å²) in [6.07, 6.45) is 1.41. The summed E-state index contributed by atoms with van der Waals surface area (Å²) in [5.74, 6) is 0.339. The molecule has 0 aliphatic carbocycles. The molecular formula is C35H31BrClN3O7. The second-order valence-corrected chi connectivity index (χ2v) is 11.5. The molecule has 0 saturated carbocycles. The zero-order valence-electron chi connectivity index (χ0n) is 25.8. The minimum absolute atomic E-state index is 0.0712. The lowest BCUT2D eigenvalue weighted by molar-refractivity contribution is 0.0696. The van der Waals surface area contributed by atoms with Gasteiger partial charge in [-0.3, -0.25) is 4.79 Å². The highest BCUT2D eigenvalue weighted by Gasteiger charge is 2.18. The van der Waals surface area contributed by atoms with Crippen LogP contribution in [0.3, 0.4) is 0 Å². The number of benzene rings is 3. The molecule has 0 unspecified atom stereocenters. The fourth-order valence-corrected chi connectivity index (χ4v) is 5.36. The number of halogens is 2. The van der Waals surface area contributed by atoms with Gasteiger partial charge in [-0.15, -0.1) is 0 Å². The molecule has 2 aromatic heterocycles. The monoisotopic (exact) mass is 719 g/mol. The van der Waals surface area contributed by atoms with Crippen molar-refractivity contribution < 1.29 is 33.3 Å². The van der Waals surface area contributed by atoms with Crippen molar-refractivity contribution in [1.82, 2.24) is 9.99 Å². The Morgan fingerprint density at radius 1 is 0.957 bits per heavy atom. The van der Waals surface area contributed by atoms with E-state index in [1.54, 1.807) is 30.3 Å². The van der Waals surface area contributed by atoms with Gasteiger partial charge in [-0.1, -0.05) is 23.7 Å². The zero-order valence-corrected chi connectivity index (χ0v) is 28.1. The number of carbonyl (C=O) groups is 2. The van der Waals surface area contributed by atoms with Crippen molar-refractivity contribution in [1.29, 1.82) is 0 Å². The van der Waals surface area contributed by atoms with Crippen molar-refractivity contribution in [2.75, 3.05) is 6.61 Å². The van der Waals surface area contributed by atoms with E-state index in [9.17, 15) is 9.59 Å². The van der Waals surface area contributed by atoms with Gasteiger partial charge in [0.05, 0.1) is 18.4 Å². The molecule has 0 aliphatic heterocycles. The van der Waals surface area contributed by atoms with E-state index in [4.69, 9.17) is 35.3 Å². The average molecular weight is 721 g/mol. The average Bonchev–Trinajstić information content (AvgIpc) is 3.68. The maximum atomic E-state index is 12.7. The first-order valence-electron chi connectivity index (χ1n) is 14.5. The maximum Gasteiger partial charge on any atom is 0.335 e. The number of carboxylic acid groups (broad SMARTS) is 1. The summed E-state index contributed by atoms with van der Waals surface area (Å²) in [5, 5.41) is 13.4. The van der Waals surface area contributed by atoms with Crippen LogP contribution in [0.5, 0.6) is 17.2 Å². The molecular weight excluding hydrogens is 690 g/mol. The Balaban J connectivity index is 1.18. The second-order valence-electron chi connectivity index (χ2n) is 10.3. The quantitative estimate of drug-likeness (QED) is 0.0930. The number of aromatic nitrogens is 1. The van der Waals surface area contributed by atoms with Crippen molar-refractivity contribution in [3.63, 3.8) is 0 Å². The lowest BCUT2D eigenvalue weighted by Crippen LogP contribution is -2.16. The van der Waals surface area contributed by atoms with Crippen LogP contribution in [0.2, 0.25) is 5.02 Å². The number of rotatable bonds is 13. The molecule has 0 radical (unpaired) electrons. The normalized spacial score (nSPS) is 11.1. The van der Waals surface area contributed by atoms with E-state index in [0.29, 0.717) is 39.7 Å². The summed E-state index contributed by atoms with van der Waals surface area (Å²) in [7, 11) is 0. The third kappa shape index (κ3) is 8.05. The number of ether oxygens (including phenoxy) is 3. The number of aryl methyl sites for hydroxylation is 2. The molecule has 0 atom stereocenters. The molecule has 242 valence electrons. The van der Waals surface area contributed by atoms with Gasteiger partial charge >= 0.3 is 11.9 Å². The number of furan rings is 1. The maximum absolute atomic E-state index is 12.7. The number of hydrogen-bond donors (Lipinski definition) is 2. The number of nitrogens with zero attached hydrogens (tertiary/aromatic N) is 2. The second kappa shape index (κ2) is 15.1. The van der Waals surface area contributed by atoms with E-state index in [0.717, 1.165) is 22.6 Å². The Kier molecular flexibility index (Phi) is 10.7. The van der Waals surface area contributed by atoms with Gasteiger partial charge in [-0.05, 0) is 109 Å². The van der Waals surface area contributed by atoms with E-state index in [1.807, 2.05) is 31.2 Å². The van der Waals surface area contributed by atoms with Crippen LogP contribution in [0.25, 0.3) is 5.69 Å². The first-order chi connectivity index (χ1) is 22.6. The molecule has 0 fully saturated rings. The van der Waals surface area contributed by atoms with Crippen LogP contribution in [0.4, 0.5) is 0 Å². The van der Waals surface area contributed by atoms with Gasteiger partial charge in [-0.25, -0.2) is 10.2 Å². The third-order valence-corrected chi connectivity index (χ3v) is 8.49. The van der Waals surface area contributed by atoms with Crippen molar-refractivity contribution in [2.24, 2.45) is 5.10 Å². The molecule has 47 heavy (non-hydrogen) atoms. The number of nitrogens with one attached hydrogen (secondary N) is 1. The number of carbonyl (C=O) groups excluding carboxylic acids is 1. The van der Waals surface area contributed by atoms with E-state index in [2.05, 4.69) is 57.0 Å². The van der Waals surface area contributed by atoms with E-state index in [1.165, 1.54) is 18.3 Å². The standard InChI is InChI=1S/C35H31BrClN3O7/c1-4-44-30-17-25(31(36)32(37)33(30)46-19-23-7-9-24(10-8-23)35(42)43)18-38-39-34(41)29-16-15-28(47-29)20-45-27-13-11-26(12-14-27)40-21(2)5-6-22(40)3/h5-18H,4,19-20H2,1-3H3,(H,39,41)(H,42,43)/b38-18+. The van der Waals surface area contributed by atoms with E-state index >= 15 is 0 Å². The molecule has 2 heterocycles. The van der Waals surface area contributed by atoms with Crippen molar-refractivity contribution in [3.8, 4) is 22.9 Å². The summed E-state index contributed by atoms with van der Waals surface area (Å²) in [6.45, 7) is 6.56. The largest absolute Gasteiger partial charge is 0.490 e. The summed E-state index contributed by atoms with van der Waals surface area (Å²) in [5.41, 5.74) is 7.25. The first-order valence-corrected chi connectivity index (χ1v) is 15.7. The van der Waals surface area contributed by atoms with E-state index in [-0.39, 0.29) is 29.6 Å². The summed E-state index contributed by atoms with van der Waals surface area (Å²) in [6, 6.07) is 23.1. The van der Waals surface area contributed by atoms with Crippen LogP contribution in [0.15, 0.2) is 92.9 Å². The Hall–Kier alpha value is -5.00. The lowest BCUT2D eigenvalue weighted by Gasteiger charge is -2.16. The van der Waals surface area contributed by atoms with Crippen LogP contribution in [-0.2, 0) is 13.2 Å². The SMILES string of the molecule is CCOc1cc(/C=N/NC(=O)c2ccc(COc3ccc(-n4c(C)ccc4C)cc3)o2)c(Br)c(Cl)c1OCc1ccc(C(=O)O)cc1. The highest BCUT2D eigenvalue weighted by atomic mass is 79.9. The molecule has 5 aromatic rings. The molecule has 0 saturated heterocycles. The van der Waals surface area contributed by atoms with Crippen LogP contribution in [-0.4, -0.2) is 34.4 Å². The topological polar surface area (TPSA) is 125 Å². The smallest absolute Gasteiger partial charge is 0.335 e. The molecule has 0 bridgehead atoms. The van der Waals surface area contributed by atoms with Gasteiger partial charge in [0.25, 0.3) is 0 Å². The third-order valence-electron chi connectivity index (χ3n) is 7.04. The zero-order chi connectivity index (χ0) is 33.5. The fourth-order valence-electron chi connectivity index (χ4n) is 4.71. The number of carboxylic acids is 1. The van der Waals surface area contributed by atoms with Gasteiger partial charge in [0, 0.05) is 27.1 Å². The fraction of sp³-hybridized carbons (Fsp3) is 0.171. The van der Waals surface area contributed by atoms with Crippen LogP contribution < -0.4 is 19.6 Å². The van der Waals surface area contributed by atoms with Crippen molar-refractivity contribution >= 4 is 45.6 Å². The van der Waals surface area contributed by atoms with Crippen LogP contribution in [0.1, 0.15) is 56.1 Å². The highest BCUT2D eigenvalue weighted by Crippen LogP contribution is 2.42. The molecule has 10 nitrogen and oxygen atoms in total. The minimum atomic E-state index is -1.01. The van der Waals surface area contributed by atoms with Gasteiger partial charge in [0.2, 0.25) is 0 Å². The number of hydrazone groups is 1. The van der Waals surface area contributed by atoms with Gasteiger partial charge in [0.1, 0.15) is 29.7 Å². The molecule has 3 aromatic carbocycles. The Labute approximate surface area is 284 Å². The molecule has 5 rings (SSSR count). The first kappa shape index (κ1) is 33.4. The number of hydrogen-bond acceptors (Lipinski definition) is 7. The molecule has 0 spiro atoms. The predicted octanol–water partition coefficient (Wildman–Crippen LogP) is 8.12. The van der Waals surface area contributed by atoms with Crippen LogP contribution in [0, 0.1) is 13.8 Å². The van der Waals surface area contributed by atoms with Gasteiger partial charge in [0.15, 0.2) is 17.3 Å². The molecule has 2 N–H and O–H groups in total. The Morgan fingerprint density at radius 2 is 1.66 bits per heavy atom. The minimum Gasteiger partial charge on any atom is -0.490 e. The molecule has 12 heteroatoms. The lowest BCUT2D eigenvalue weighted by atomic mass is 10.1. The Morgan fingerprint density at radius 3 is 2.32 bits per heavy atom.